The zero-order valence-corrected chi connectivity index (χ0v) is 11.2. The summed E-state index contributed by atoms with van der Waals surface area (Å²) < 4.78 is 39.0. The van der Waals surface area contributed by atoms with Gasteiger partial charge in [0.15, 0.2) is 0 Å². The highest BCUT2D eigenvalue weighted by molar-refractivity contribution is 5.80. The number of piperidine rings is 1. The number of hydrogen-bond donors (Lipinski definition) is 1. The number of halogens is 3. The third kappa shape index (κ3) is 2.40. The van der Waals surface area contributed by atoms with Crippen LogP contribution >= 0.6 is 0 Å². The van der Waals surface area contributed by atoms with Gasteiger partial charge in [0.1, 0.15) is 0 Å². The molecule has 1 saturated heterocycles. The molecule has 2 heterocycles. The molecule has 20 heavy (non-hydrogen) atoms. The molecule has 0 saturated carbocycles. The van der Waals surface area contributed by atoms with Crippen molar-refractivity contribution in [3.05, 3.63) is 29.6 Å². The average Bonchev–Trinajstić information content (AvgIpc) is 2.85. The zero-order chi connectivity index (χ0) is 14.3. The molecule has 1 aromatic heterocycles. The van der Waals surface area contributed by atoms with Gasteiger partial charge in [0.05, 0.1) is 22.9 Å². The number of rotatable bonds is 1. The van der Waals surface area contributed by atoms with Crippen LogP contribution in [0.5, 0.6) is 0 Å². The maximum absolute atomic E-state index is 13.0. The first-order valence-corrected chi connectivity index (χ1v) is 6.68. The number of fused-ring (bicyclic) bond motifs is 1. The van der Waals surface area contributed by atoms with Crippen molar-refractivity contribution in [2.45, 2.75) is 24.9 Å². The minimum absolute atomic E-state index is 0.152. The molecule has 1 aliphatic rings. The number of likely N-dealkylation sites (tertiary alicyclic amines) is 1. The molecule has 108 valence electrons. The number of imidazole rings is 1. The van der Waals surface area contributed by atoms with Gasteiger partial charge in [0.25, 0.3) is 0 Å². The van der Waals surface area contributed by atoms with Gasteiger partial charge in [-0.3, -0.25) is 0 Å². The molecular formula is C14H16F3N3. The van der Waals surface area contributed by atoms with Crippen molar-refractivity contribution in [2.24, 2.45) is 0 Å². The Hall–Kier alpha value is -1.56. The lowest BCUT2D eigenvalue weighted by Gasteiger charge is -2.29. The standard InChI is InChI=1S/C14H16F3N3/c1-20-4-2-9(3-5-20)11-6-10(14(15,16)17)7-12-13(11)19-8-18-12/h6-9H,2-5H2,1H3,(H,18,19). The van der Waals surface area contributed by atoms with E-state index >= 15 is 0 Å². The van der Waals surface area contributed by atoms with E-state index in [1.807, 2.05) is 7.05 Å². The number of alkyl halides is 3. The Kier molecular flexibility index (Phi) is 3.20. The maximum Gasteiger partial charge on any atom is 0.416 e. The van der Waals surface area contributed by atoms with Gasteiger partial charge in [-0.05, 0) is 56.6 Å². The molecule has 0 unspecified atom stereocenters. The van der Waals surface area contributed by atoms with Crippen molar-refractivity contribution in [1.82, 2.24) is 14.9 Å². The molecule has 0 amide bonds. The van der Waals surface area contributed by atoms with Crippen LogP contribution in [0.3, 0.4) is 0 Å². The summed E-state index contributed by atoms with van der Waals surface area (Å²) in [5.41, 5.74) is 1.27. The molecule has 0 spiro atoms. The molecule has 0 atom stereocenters. The summed E-state index contributed by atoms with van der Waals surface area (Å²) in [5.74, 6) is 0.152. The molecule has 3 rings (SSSR count). The maximum atomic E-state index is 13.0. The molecule has 1 N–H and O–H groups in total. The zero-order valence-electron chi connectivity index (χ0n) is 11.2. The average molecular weight is 283 g/mol. The number of nitrogens with zero attached hydrogens (tertiary/aromatic N) is 2. The first kappa shape index (κ1) is 13.4. The minimum atomic E-state index is -4.32. The second kappa shape index (κ2) is 4.77. The number of benzene rings is 1. The molecule has 1 aliphatic heterocycles. The fourth-order valence-corrected chi connectivity index (χ4v) is 2.87. The normalized spacial score (nSPS) is 18.8. The van der Waals surface area contributed by atoms with Gasteiger partial charge >= 0.3 is 6.18 Å². The highest BCUT2D eigenvalue weighted by Gasteiger charge is 2.33. The summed E-state index contributed by atoms with van der Waals surface area (Å²) in [6.07, 6.45) is -1.11. The first-order valence-electron chi connectivity index (χ1n) is 6.68. The van der Waals surface area contributed by atoms with Crippen LogP contribution in [0.4, 0.5) is 13.2 Å². The summed E-state index contributed by atoms with van der Waals surface area (Å²) in [6, 6.07) is 2.42. The first-order chi connectivity index (χ1) is 9.45. The van der Waals surface area contributed by atoms with Crippen LogP contribution in [0.2, 0.25) is 0 Å². The summed E-state index contributed by atoms with van der Waals surface area (Å²) in [5, 5.41) is 0. The molecule has 0 aliphatic carbocycles. The molecule has 2 aromatic rings. The van der Waals surface area contributed by atoms with E-state index in [2.05, 4.69) is 14.9 Å². The van der Waals surface area contributed by atoms with Crippen LogP contribution in [0.1, 0.15) is 29.9 Å². The minimum Gasteiger partial charge on any atom is -0.345 e. The van der Waals surface area contributed by atoms with E-state index in [1.54, 1.807) is 0 Å². The highest BCUT2D eigenvalue weighted by Crippen LogP contribution is 2.37. The quantitative estimate of drug-likeness (QED) is 0.870. The van der Waals surface area contributed by atoms with E-state index in [0.717, 1.165) is 37.6 Å². The van der Waals surface area contributed by atoms with E-state index in [0.29, 0.717) is 11.0 Å². The van der Waals surface area contributed by atoms with Crippen LogP contribution < -0.4 is 0 Å². The second-order valence-corrected chi connectivity index (χ2v) is 5.44. The topological polar surface area (TPSA) is 31.9 Å². The SMILES string of the molecule is CN1CCC(c2cc(C(F)(F)F)cc3[nH]cnc23)CC1. The third-order valence-corrected chi connectivity index (χ3v) is 4.04. The Morgan fingerprint density at radius 3 is 2.60 bits per heavy atom. The summed E-state index contributed by atoms with van der Waals surface area (Å²) in [4.78, 5) is 9.20. The molecule has 3 nitrogen and oxygen atoms in total. The van der Waals surface area contributed by atoms with Crippen LogP contribution in [0.25, 0.3) is 11.0 Å². The van der Waals surface area contributed by atoms with Crippen LogP contribution in [0, 0.1) is 0 Å². The highest BCUT2D eigenvalue weighted by atomic mass is 19.4. The Morgan fingerprint density at radius 1 is 1.25 bits per heavy atom. The van der Waals surface area contributed by atoms with Crippen molar-refractivity contribution in [3.63, 3.8) is 0 Å². The predicted octanol–water partition coefficient (Wildman–Crippen LogP) is 3.39. The van der Waals surface area contributed by atoms with Gasteiger partial charge < -0.3 is 9.88 Å². The van der Waals surface area contributed by atoms with E-state index in [9.17, 15) is 13.2 Å². The number of aromatic amines is 1. The number of aromatic nitrogens is 2. The van der Waals surface area contributed by atoms with Crippen LogP contribution in [-0.4, -0.2) is 35.0 Å². The van der Waals surface area contributed by atoms with Gasteiger partial charge in [-0.1, -0.05) is 0 Å². The fraction of sp³-hybridized carbons (Fsp3) is 0.500. The summed E-state index contributed by atoms with van der Waals surface area (Å²) in [6.45, 7) is 1.82. The van der Waals surface area contributed by atoms with Gasteiger partial charge in [0, 0.05) is 0 Å². The number of hydrogen-bond acceptors (Lipinski definition) is 2. The van der Waals surface area contributed by atoms with Crippen LogP contribution in [-0.2, 0) is 6.18 Å². The molecule has 6 heteroatoms. The molecular weight excluding hydrogens is 267 g/mol. The van der Waals surface area contributed by atoms with Gasteiger partial charge in [0.2, 0.25) is 0 Å². The van der Waals surface area contributed by atoms with Gasteiger partial charge in [-0.15, -0.1) is 0 Å². The predicted molar refractivity (Wildman–Crippen MR) is 70.6 cm³/mol. The summed E-state index contributed by atoms with van der Waals surface area (Å²) >= 11 is 0. The fourth-order valence-electron chi connectivity index (χ4n) is 2.87. The monoisotopic (exact) mass is 283 g/mol. The van der Waals surface area contributed by atoms with E-state index < -0.39 is 11.7 Å². The van der Waals surface area contributed by atoms with Crippen molar-refractivity contribution < 1.29 is 13.2 Å². The smallest absolute Gasteiger partial charge is 0.345 e. The van der Waals surface area contributed by atoms with E-state index in [-0.39, 0.29) is 5.92 Å². The lowest BCUT2D eigenvalue weighted by molar-refractivity contribution is -0.137. The lowest BCUT2D eigenvalue weighted by Crippen LogP contribution is -2.29. The lowest BCUT2D eigenvalue weighted by atomic mass is 9.87. The second-order valence-electron chi connectivity index (χ2n) is 5.44. The van der Waals surface area contributed by atoms with Crippen molar-refractivity contribution in [1.29, 1.82) is 0 Å². The largest absolute Gasteiger partial charge is 0.416 e. The van der Waals surface area contributed by atoms with Crippen LogP contribution in [0.15, 0.2) is 18.5 Å². The molecule has 0 radical (unpaired) electrons. The number of nitrogens with one attached hydrogen (secondary N) is 1. The third-order valence-electron chi connectivity index (χ3n) is 4.04. The molecule has 1 fully saturated rings. The number of H-pyrrole nitrogens is 1. The Bertz CT molecular complexity index is 610. The van der Waals surface area contributed by atoms with Gasteiger partial charge in [-0.2, -0.15) is 13.2 Å². The molecule has 1 aromatic carbocycles. The Balaban J connectivity index is 2.06. The summed E-state index contributed by atoms with van der Waals surface area (Å²) in [7, 11) is 2.03. The Labute approximate surface area is 114 Å². The van der Waals surface area contributed by atoms with Gasteiger partial charge in [-0.25, -0.2) is 4.98 Å². The van der Waals surface area contributed by atoms with Crippen molar-refractivity contribution in [2.75, 3.05) is 20.1 Å². The molecule has 0 bridgehead atoms. The van der Waals surface area contributed by atoms with E-state index in [1.165, 1.54) is 12.4 Å². The van der Waals surface area contributed by atoms with Crippen molar-refractivity contribution in [3.8, 4) is 0 Å². The van der Waals surface area contributed by atoms with E-state index in [4.69, 9.17) is 0 Å². The van der Waals surface area contributed by atoms with Crippen molar-refractivity contribution >= 4 is 11.0 Å². The Morgan fingerprint density at radius 2 is 1.95 bits per heavy atom.